The lowest BCUT2D eigenvalue weighted by Crippen LogP contribution is -2.34. The highest BCUT2D eigenvalue weighted by Crippen LogP contribution is 2.51. The van der Waals surface area contributed by atoms with E-state index in [-0.39, 0.29) is 35.5 Å². The second-order valence-electron chi connectivity index (χ2n) is 11.7. The van der Waals surface area contributed by atoms with E-state index in [9.17, 15) is 13.8 Å². The lowest BCUT2D eigenvalue weighted by molar-refractivity contribution is 0.151. The fraction of sp³-hybridized carbons (Fsp3) is 0.480. The zero-order valence-electron chi connectivity index (χ0n) is 24.6. The smallest absolute Gasteiger partial charge is 0.444 e. The number of aryl methyl sites for hydroxylation is 1. The van der Waals surface area contributed by atoms with Crippen molar-refractivity contribution in [2.45, 2.75) is 64.9 Å². The van der Waals surface area contributed by atoms with E-state index in [4.69, 9.17) is 36.3 Å². The predicted molar refractivity (Wildman–Crippen MR) is 169 cm³/mol. The minimum Gasteiger partial charge on any atom is -0.444 e. The van der Waals surface area contributed by atoms with Gasteiger partial charge in [0.15, 0.2) is 10.9 Å². The number of ether oxygens (including phenoxy) is 1. The van der Waals surface area contributed by atoms with Crippen LogP contribution in [0.2, 0.25) is 51.4 Å². The van der Waals surface area contributed by atoms with Crippen molar-refractivity contribution in [1.29, 1.82) is 0 Å². The summed E-state index contributed by atoms with van der Waals surface area (Å²) in [4.78, 5) is 16.8. The molecule has 0 bridgehead atoms. The normalized spacial score (nSPS) is 12.0. The number of hydrogen-bond acceptors (Lipinski definition) is 9. The van der Waals surface area contributed by atoms with Gasteiger partial charge in [-0.05, 0) is 61.1 Å². The third-order valence-electron chi connectivity index (χ3n) is 5.48. The summed E-state index contributed by atoms with van der Waals surface area (Å²) in [5, 5.41) is 2.58. The Labute approximate surface area is 248 Å². The van der Waals surface area contributed by atoms with E-state index in [1.165, 1.54) is 12.3 Å². The van der Waals surface area contributed by atoms with Crippen molar-refractivity contribution in [2.75, 3.05) is 24.0 Å². The number of anilines is 2. The third-order valence-corrected chi connectivity index (χ3v) is 10.4. The quantitative estimate of drug-likeness (QED) is 0.0716. The van der Waals surface area contributed by atoms with Crippen LogP contribution in [-0.4, -0.2) is 45.6 Å². The Kier molecular flexibility index (Phi) is 12.7. The maximum Gasteiger partial charge on any atom is 0.530 e. The van der Waals surface area contributed by atoms with Crippen molar-refractivity contribution >= 4 is 58.9 Å². The van der Waals surface area contributed by atoms with Crippen LogP contribution in [0.4, 0.5) is 20.7 Å². The first-order valence-electron chi connectivity index (χ1n) is 13.0. The fourth-order valence-electron chi connectivity index (χ4n) is 3.10. The number of phosphoric acid groups is 1. The number of nitrogens with one attached hydrogen (secondary N) is 3. The molecule has 5 N–H and O–H groups in total. The largest absolute Gasteiger partial charge is 0.530 e. The van der Waals surface area contributed by atoms with Crippen LogP contribution in [-0.2, 0) is 25.0 Å². The molecular weight excluding hydrogens is 605 g/mol. The third kappa shape index (κ3) is 13.3. The molecule has 0 radical (unpaired) electrons. The number of pyridine rings is 1. The maximum atomic E-state index is 14.2. The van der Waals surface area contributed by atoms with Gasteiger partial charge in [-0.1, -0.05) is 39.3 Å². The molecule has 0 saturated heterocycles. The molecular formula is C25H41FN5O6PSSi2. The standard InChI is InChI=1S/C25H41FN5O6PSSi2/c1-18-10-11-28-23(30-31-24(27)39)22(18)29-25(32)34-17-19-16-20(26)8-9-21(19)37-38(33,35-12-14-40(2,3)4)36-13-15-41(5,6)7/h8-11,16H,12-15,17H2,1-7H3,(H,28,30)(H,29,32)(H3,27,31,39). The first-order chi connectivity index (χ1) is 19.0. The van der Waals surface area contributed by atoms with Gasteiger partial charge >= 0.3 is 13.9 Å². The van der Waals surface area contributed by atoms with Crippen molar-refractivity contribution in [3.05, 3.63) is 47.4 Å². The van der Waals surface area contributed by atoms with Crippen LogP contribution < -0.4 is 26.4 Å². The summed E-state index contributed by atoms with van der Waals surface area (Å²) < 4.78 is 50.4. The van der Waals surface area contributed by atoms with Gasteiger partial charge in [0.05, 0.1) is 18.9 Å². The Morgan fingerprint density at radius 2 is 1.68 bits per heavy atom. The summed E-state index contributed by atoms with van der Waals surface area (Å²) in [5.41, 5.74) is 11.8. The summed E-state index contributed by atoms with van der Waals surface area (Å²) in [6, 6.07) is 6.76. The molecule has 1 aromatic heterocycles. The fourth-order valence-corrected chi connectivity index (χ4v) is 6.15. The second-order valence-corrected chi connectivity index (χ2v) is 25.0. The van der Waals surface area contributed by atoms with Gasteiger partial charge in [-0.15, -0.1) is 0 Å². The summed E-state index contributed by atoms with van der Waals surface area (Å²) in [7, 11) is -7.06. The molecule has 1 amide bonds. The Balaban J connectivity index is 2.18. The van der Waals surface area contributed by atoms with Crippen LogP contribution in [0.1, 0.15) is 11.1 Å². The van der Waals surface area contributed by atoms with Crippen LogP contribution in [0.25, 0.3) is 0 Å². The molecule has 2 rings (SSSR count). The van der Waals surface area contributed by atoms with Gasteiger partial charge in [-0.25, -0.2) is 18.7 Å². The molecule has 16 heteroatoms. The number of aromatic nitrogens is 1. The number of thiocarbonyl (C=S) groups is 1. The number of halogens is 1. The first-order valence-corrected chi connectivity index (χ1v) is 22.3. The Morgan fingerprint density at radius 1 is 1.07 bits per heavy atom. The number of hydrazine groups is 1. The molecule has 11 nitrogen and oxygen atoms in total. The van der Waals surface area contributed by atoms with Gasteiger partial charge in [0.1, 0.15) is 18.2 Å². The minimum absolute atomic E-state index is 0.0177. The van der Waals surface area contributed by atoms with E-state index in [0.29, 0.717) is 11.3 Å². The molecule has 1 heterocycles. The number of benzene rings is 1. The van der Waals surface area contributed by atoms with E-state index >= 15 is 0 Å². The Hall–Kier alpha value is -2.56. The van der Waals surface area contributed by atoms with Gasteiger partial charge in [0.2, 0.25) is 0 Å². The maximum absolute atomic E-state index is 14.2. The van der Waals surface area contributed by atoms with E-state index in [1.54, 1.807) is 13.0 Å². The zero-order valence-corrected chi connectivity index (χ0v) is 28.3. The second kappa shape index (κ2) is 15.1. The molecule has 0 atom stereocenters. The lowest BCUT2D eigenvalue weighted by Gasteiger charge is -2.23. The van der Waals surface area contributed by atoms with Gasteiger partial charge in [-0.2, -0.15) is 0 Å². The minimum atomic E-state index is -4.06. The van der Waals surface area contributed by atoms with Crippen LogP contribution in [0.3, 0.4) is 0 Å². The molecule has 1 aromatic carbocycles. The molecule has 228 valence electrons. The highest BCUT2D eigenvalue weighted by atomic mass is 32.1. The molecule has 0 aliphatic carbocycles. The van der Waals surface area contributed by atoms with E-state index in [1.807, 2.05) is 0 Å². The van der Waals surface area contributed by atoms with Crippen LogP contribution in [0, 0.1) is 12.7 Å². The number of carbonyl (C=O) groups excluding carboxylic acids is 1. The van der Waals surface area contributed by atoms with Crippen molar-refractivity contribution < 1.29 is 32.1 Å². The van der Waals surface area contributed by atoms with Gasteiger partial charge < -0.3 is 15.0 Å². The van der Waals surface area contributed by atoms with Crippen LogP contribution in [0.5, 0.6) is 5.75 Å². The number of nitrogens with zero attached hydrogens (tertiary/aromatic N) is 1. The SMILES string of the molecule is Cc1ccnc(NNC(N)=S)c1NC(=O)OCc1cc(F)ccc1OP(=O)(OCC[Si](C)(C)C)OCC[Si](C)(C)C. The van der Waals surface area contributed by atoms with Gasteiger partial charge in [0.25, 0.3) is 0 Å². The Bertz CT molecular complexity index is 1240. The van der Waals surface area contributed by atoms with E-state index in [2.05, 4.69) is 60.4 Å². The monoisotopic (exact) mass is 645 g/mol. The summed E-state index contributed by atoms with van der Waals surface area (Å²) in [6.07, 6.45) is 0.678. The lowest BCUT2D eigenvalue weighted by atomic mass is 10.2. The average Bonchev–Trinajstić information content (AvgIpc) is 2.83. The van der Waals surface area contributed by atoms with Crippen molar-refractivity contribution in [3.63, 3.8) is 0 Å². The van der Waals surface area contributed by atoms with E-state index < -0.39 is 42.5 Å². The molecule has 0 spiro atoms. The van der Waals surface area contributed by atoms with Gasteiger partial charge in [-0.3, -0.25) is 25.2 Å². The van der Waals surface area contributed by atoms with E-state index in [0.717, 1.165) is 24.2 Å². The number of amides is 1. The van der Waals surface area contributed by atoms with Crippen molar-refractivity contribution in [1.82, 2.24) is 10.4 Å². The number of carbonyl (C=O) groups is 1. The average molecular weight is 646 g/mol. The first kappa shape index (κ1) is 34.6. The molecule has 0 aliphatic heterocycles. The molecule has 0 fully saturated rings. The zero-order chi connectivity index (χ0) is 30.8. The number of hydrogen-bond donors (Lipinski definition) is 4. The topological polar surface area (TPSA) is 146 Å². The molecule has 0 saturated carbocycles. The summed E-state index contributed by atoms with van der Waals surface area (Å²) in [6.45, 7) is 14.8. The molecule has 2 aromatic rings. The molecule has 0 unspecified atom stereocenters. The summed E-state index contributed by atoms with van der Waals surface area (Å²) >= 11 is 4.78. The highest BCUT2D eigenvalue weighted by molar-refractivity contribution is 7.80. The Morgan fingerprint density at radius 3 is 2.24 bits per heavy atom. The van der Waals surface area contributed by atoms with Crippen LogP contribution in [0.15, 0.2) is 30.5 Å². The van der Waals surface area contributed by atoms with Gasteiger partial charge in [0, 0.05) is 27.9 Å². The van der Waals surface area contributed by atoms with Crippen LogP contribution >= 0.6 is 20.0 Å². The number of nitrogens with two attached hydrogens (primary N) is 1. The predicted octanol–water partition coefficient (Wildman–Crippen LogP) is 6.63. The number of phosphoric ester groups is 1. The highest BCUT2D eigenvalue weighted by Gasteiger charge is 2.32. The number of rotatable bonds is 15. The molecule has 0 aliphatic rings. The summed E-state index contributed by atoms with van der Waals surface area (Å²) in [5.74, 6) is -0.329. The van der Waals surface area contributed by atoms with Crippen molar-refractivity contribution in [2.24, 2.45) is 5.73 Å². The van der Waals surface area contributed by atoms with Crippen molar-refractivity contribution in [3.8, 4) is 5.75 Å². The molecule has 41 heavy (non-hydrogen) atoms.